The fourth-order valence-corrected chi connectivity index (χ4v) is 8.25. The van der Waals surface area contributed by atoms with Gasteiger partial charge in [0.15, 0.2) is 0 Å². The molecule has 0 radical (unpaired) electrons. The molecule has 0 saturated carbocycles. The van der Waals surface area contributed by atoms with Crippen molar-refractivity contribution in [2.24, 2.45) is 0 Å². The van der Waals surface area contributed by atoms with Gasteiger partial charge in [0.1, 0.15) is 0 Å². The molecule has 2 nitrogen and oxygen atoms in total. The van der Waals surface area contributed by atoms with Crippen LogP contribution in [-0.2, 0) is 35.5 Å². The minimum Gasteiger partial charge on any atom is -0.218 e. The fraction of sp³-hybridized carbons (Fsp3) is 0.444. The van der Waals surface area contributed by atoms with Gasteiger partial charge in [-0.15, -0.1) is 0 Å². The van der Waals surface area contributed by atoms with Gasteiger partial charge in [-0.1, -0.05) is 114 Å². The van der Waals surface area contributed by atoms with E-state index in [9.17, 15) is 0 Å². The zero-order valence-electron chi connectivity index (χ0n) is 24.5. The quantitative estimate of drug-likeness (QED) is 0.159. The molecule has 3 heteroatoms. The molecule has 0 N–H and O–H groups in total. The summed E-state index contributed by atoms with van der Waals surface area (Å²) in [7, 11) is -3.81. The minimum atomic E-state index is -3.81. The Kier molecular flexibility index (Phi) is 10.2. The van der Waals surface area contributed by atoms with Gasteiger partial charge >= 0.3 is 0 Å². The molecule has 0 aliphatic heterocycles. The Hall–Kier alpha value is -2.65. The molecule has 0 aliphatic carbocycles. The summed E-state index contributed by atoms with van der Waals surface area (Å²) >= 11 is 0. The van der Waals surface area contributed by atoms with Gasteiger partial charge in [-0.3, -0.25) is 0 Å². The van der Waals surface area contributed by atoms with Crippen molar-refractivity contribution >= 4 is 31.4 Å². The third-order valence-electron chi connectivity index (χ3n) is 8.09. The van der Waals surface area contributed by atoms with Crippen LogP contribution in [0, 0.1) is 0 Å². The van der Waals surface area contributed by atoms with Gasteiger partial charge in [-0.25, -0.2) is 8.42 Å². The first-order valence-corrected chi connectivity index (χ1v) is 16.8. The third-order valence-corrected chi connectivity index (χ3v) is 10.1. The van der Waals surface area contributed by atoms with Crippen molar-refractivity contribution < 1.29 is 8.42 Å². The zero-order valence-corrected chi connectivity index (χ0v) is 25.3. The SMILES string of the molecule is CCCCc1cc2ccccc2c(S(=O)(=O)c2c(CCCC)c(CCCC)cc3ccccc23)c1CCCC. The molecule has 4 aromatic carbocycles. The lowest BCUT2D eigenvalue weighted by Gasteiger charge is -2.23. The summed E-state index contributed by atoms with van der Waals surface area (Å²) in [5.74, 6) is 0. The number of sulfone groups is 1. The highest BCUT2D eigenvalue weighted by Gasteiger charge is 2.31. The maximum absolute atomic E-state index is 15.3. The van der Waals surface area contributed by atoms with Gasteiger partial charge in [-0.05, 0) is 84.4 Å². The summed E-state index contributed by atoms with van der Waals surface area (Å²) in [5, 5.41) is 3.80. The molecule has 0 amide bonds. The van der Waals surface area contributed by atoms with Crippen LogP contribution in [-0.4, -0.2) is 8.42 Å². The molecule has 0 unspecified atom stereocenters. The predicted octanol–water partition coefficient (Wildman–Crippen LogP) is 10.2. The molecule has 208 valence electrons. The number of unbranched alkanes of at least 4 members (excludes halogenated alkanes) is 4. The number of rotatable bonds is 14. The van der Waals surface area contributed by atoms with E-state index in [4.69, 9.17) is 0 Å². The molecular weight excluding hydrogens is 496 g/mol. The standard InChI is InChI=1S/C36H46O2S/c1-5-9-17-27-25-29-19-13-15-23-33(29)35(31(27)21-11-7-3)39(37,38)36-32(22-12-8-4)28(18-10-6-2)26-30-20-14-16-24-34(30)36/h13-16,19-20,23-26H,5-12,17-18,21-22H2,1-4H3. The Morgan fingerprint density at radius 2 is 0.872 bits per heavy atom. The van der Waals surface area contributed by atoms with Crippen LogP contribution in [0.4, 0.5) is 0 Å². The van der Waals surface area contributed by atoms with Gasteiger partial charge in [0.2, 0.25) is 9.84 Å². The molecule has 0 atom stereocenters. The van der Waals surface area contributed by atoms with Crippen LogP contribution in [0.3, 0.4) is 0 Å². The summed E-state index contributed by atoms with van der Waals surface area (Å²) in [4.78, 5) is 1.13. The highest BCUT2D eigenvalue weighted by atomic mass is 32.2. The summed E-state index contributed by atoms with van der Waals surface area (Å²) in [6.45, 7) is 8.79. The van der Waals surface area contributed by atoms with E-state index in [0.717, 1.165) is 110 Å². The number of benzene rings is 4. The first-order valence-electron chi connectivity index (χ1n) is 15.3. The van der Waals surface area contributed by atoms with E-state index in [1.54, 1.807) is 0 Å². The van der Waals surface area contributed by atoms with Crippen molar-refractivity contribution in [3.8, 4) is 0 Å². The minimum absolute atomic E-state index is 0.565. The third kappa shape index (κ3) is 6.24. The molecule has 0 aliphatic rings. The molecular formula is C36H46O2S. The van der Waals surface area contributed by atoms with E-state index >= 15 is 8.42 Å². The Balaban J connectivity index is 2.13. The molecule has 0 fully saturated rings. The van der Waals surface area contributed by atoms with E-state index in [2.05, 4.69) is 52.0 Å². The Labute approximate surface area is 236 Å². The predicted molar refractivity (Wildman–Crippen MR) is 168 cm³/mol. The van der Waals surface area contributed by atoms with E-state index < -0.39 is 9.84 Å². The van der Waals surface area contributed by atoms with Crippen LogP contribution >= 0.6 is 0 Å². The van der Waals surface area contributed by atoms with Crippen LogP contribution in [0.1, 0.15) is 101 Å². The number of hydrogen-bond donors (Lipinski definition) is 0. The van der Waals surface area contributed by atoms with Crippen molar-refractivity contribution in [2.75, 3.05) is 0 Å². The van der Waals surface area contributed by atoms with Gasteiger partial charge in [-0.2, -0.15) is 0 Å². The van der Waals surface area contributed by atoms with Crippen LogP contribution < -0.4 is 0 Å². The van der Waals surface area contributed by atoms with Crippen LogP contribution in [0.2, 0.25) is 0 Å². The lowest BCUT2D eigenvalue weighted by Crippen LogP contribution is -2.14. The van der Waals surface area contributed by atoms with Crippen LogP contribution in [0.15, 0.2) is 70.5 Å². The molecule has 0 heterocycles. The van der Waals surface area contributed by atoms with Crippen molar-refractivity contribution in [1.82, 2.24) is 0 Å². The number of hydrogen-bond acceptors (Lipinski definition) is 2. The fourth-order valence-electron chi connectivity index (χ4n) is 5.98. The van der Waals surface area contributed by atoms with E-state index in [0.29, 0.717) is 9.79 Å². The first kappa shape index (κ1) is 29.3. The second kappa shape index (κ2) is 13.6. The summed E-state index contributed by atoms with van der Waals surface area (Å²) in [5.41, 5.74) is 4.52. The zero-order chi connectivity index (χ0) is 27.8. The summed E-state index contributed by atoms with van der Waals surface area (Å²) < 4.78 is 30.6. The van der Waals surface area contributed by atoms with Gasteiger partial charge in [0.05, 0.1) is 9.79 Å². The van der Waals surface area contributed by atoms with Crippen LogP contribution in [0.5, 0.6) is 0 Å². The first-order chi connectivity index (χ1) is 19.0. The molecule has 0 bridgehead atoms. The smallest absolute Gasteiger partial charge is 0.208 e. The molecule has 39 heavy (non-hydrogen) atoms. The van der Waals surface area contributed by atoms with Gasteiger partial charge in [0.25, 0.3) is 0 Å². The maximum atomic E-state index is 15.3. The van der Waals surface area contributed by atoms with Crippen LogP contribution in [0.25, 0.3) is 21.5 Å². The van der Waals surface area contributed by atoms with E-state index in [-0.39, 0.29) is 0 Å². The van der Waals surface area contributed by atoms with Crippen molar-refractivity contribution in [3.05, 3.63) is 82.9 Å². The normalized spacial score (nSPS) is 12.0. The largest absolute Gasteiger partial charge is 0.218 e. The lowest BCUT2D eigenvalue weighted by molar-refractivity contribution is 0.593. The summed E-state index contributed by atoms with van der Waals surface area (Å²) in [6, 6.07) is 20.8. The second-order valence-electron chi connectivity index (χ2n) is 11.0. The average Bonchev–Trinajstić information content (AvgIpc) is 2.95. The number of fused-ring (bicyclic) bond motifs is 2. The topological polar surface area (TPSA) is 34.1 Å². The average molecular weight is 543 g/mol. The molecule has 0 spiro atoms. The summed E-state index contributed by atoms with van der Waals surface area (Å²) in [6.07, 6.45) is 11.8. The molecule has 4 rings (SSSR count). The highest BCUT2D eigenvalue weighted by Crippen LogP contribution is 2.41. The Morgan fingerprint density at radius 3 is 1.26 bits per heavy atom. The van der Waals surface area contributed by atoms with Gasteiger partial charge < -0.3 is 0 Å². The Morgan fingerprint density at radius 1 is 0.513 bits per heavy atom. The second-order valence-corrected chi connectivity index (χ2v) is 12.9. The highest BCUT2D eigenvalue weighted by molar-refractivity contribution is 7.92. The van der Waals surface area contributed by atoms with Crippen molar-refractivity contribution in [3.63, 3.8) is 0 Å². The lowest BCUT2D eigenvalue weighted by atomic mass is 9.93. The monoisotopic (exact) mass is 542 g/mol. The maximum Gasteiger partial charge on any atom is 0.208 e. The van der Waals surface area contributed by atoms with E-state index in [1.165, 1.54) is 11.1 Å². The van der Waals surface area contributed by atoms with Crippen molar-refractivity contribution in [2.45, 2.75) is 115 Å². The molecule has 0 saturated heterocycles. The molecule has 0 aromatic heterocycles. The van der Waals surface area contributed by atoms with Crippen molar-refractivity contribution in [1.29, 1.82) is 0 Å². The Bertz CT molecular complexity index is 1410. The number of aryl methyl sites for hydroxylation is 2. The van der Waals surface area contributed by atoms with E-state index in [1.807, 2.05) is 36.4 Å². The van der Waals surface area contributed by atoms with Gasteiger partial charge in [0, 0.05) is 10.8 Å². The molecule has 4 aromatic rings.